The lowest BCUT2D eigenvalue weighted by molar-refractivity contribution is -0.131. The first-order valence-electron chi connectivity index (χ1n) is 6.30. The summed E-state index contributed by atoms with van der Waals surface area (Å²) in [6.07, 6.45) is 0.590. The minimum absolute atomic E-state index is 0. The van der Waals surface area contributed by atoms with E-state index in [9.17, 15) is 4.79 Å². The zero-order valence-corrected chi connectivity index (χ0v) is 14.2. The Balaban J connectivity index is 0.00000180. The Morgan fingerprint density at radius 2 is 2.00 bits per heavy atom. The number of aromatic nitrogens is 1. The smallest absolute Gasteiger partial charge is 0.223 e. The van der Waals surface area contributed by atoms with Crippen molar-refractivity contribution in [2.24, 2.45) is 0 Å². The molecule has 8 heteroatoms. The predicted molar refractivity (Wildman–Crippen MR) is 88.7 cm³/mol. The third-order valence-electron chi connectivity index (χ3n) is 3.10. The Morgan fingerprint density at radius 3 is 2.50 bits per heavy atom. The highest BCUT2D eigenvalue weighted by atomic mass is 35.5. The van der Waals surface area contributed by atoms with Crippen LogP contribution in [0.1, 0.15) is 12.1 Å². The van der Waals surface area contributed by atoms with Gasteiger partial charge in [0.1, 0.15) is 0 Å². The van der Waals surface area contributed by atoms with Crippen molar-refractivity contribution in [1.29, 1.82) is 0 Å². The molecule has 0 aromatic carbocycles. The molecule has 5 nitrogen and oxygen atoms in total. The highest BCUT2D eigenvalue weighted by Crippen LogP contribution is 2.21. The highest BCUT2D eigenvalue weighted by molar-refractivity contribution is 7.13. The van der Waals surface area contributed by atoms with Gasteiger partial charge in [-0.05, 0) is 14.0 Å². The van der Waals surface area contributed by atoms with Crippen LogP contribution in [0, 0.1) is 6.92 Å². The second kappa shape index (κ2) is 9.39. The fraction of sp³-hybridized carbons (Fsp3) is 0.667. The number of carbonyl (C=O) groups excluding carboxylic acids is 1. The van der Waals surface area contributed by atoms with Crippen molar-refractivity contribution >= 4 is 47.2 Å². The summed E-state index contributed by atoms with van der Waals surface area (Å²) in [5.74, 6) is 0.249. The third kappa shape index (κ3) is 5.09. The highest BCUT2D eigenvalue weighted by Gasteiger charge is 2.21. The van der Waals surface area contributed by atoms with E-state index in [0.717, 1.165) is 43.5 Å². The topological polar surface area (TPSA) is 48.5 Å². The van der Waals surface area contributed by atoms with Gasteiger partial charge in [-0.3, -0.25) is 4.79 Å². The quantitative estimate of drug-likeness (QED) is 0.903. The summed E-state index contributed by atoms with van der Waals surface area (Å²) >= 11 is 1.68. The molecule has 1 fully saturated rings. The molecule has 2 rings (SSSR count). The van der Waals surface area contributed by atoms with Gasteiger partial charge in [0.15, 0.2) is 5.13 Å². The number of piperazine rings is 1. The number of nitrogens with one attached hydrogen (secondary N) is 1. The lowest BCUT2D eigenvalue weighted by atomic mass is 10.3. The lowest BCUT2D eigenvalue weighted by Crippen LogP contribution is -2.49. The molecule has 0 atom stereocenters. The van der Waals surface area contributed by atoms with Gasteiger partial charge < -0.3 is 15.1 Å². The van der Waals surface area contributed by atoms with Crippen molar-refractivity contribution in [3.63, 3.8) is 0 Å². The number of nitrogens with zero attached hydrogens (tertiary/aromatic N) is 3. The SMILES string of the molecule is CNCCC(=O)N1CCN(c2nc(C)cs2)CC1.Cl.Cl. The second-order valence-electron chi connectivity index (χ2n) is 4.49. The Morgan fingerprint density at radius 1 is 1.35 bits per heavy atom. The molecular formula is C12H22Cl2N4OS. The van der Waals surface area contributed by atoms with Crippen LogP contribution in [0.5, 0.6) is 0 Å². The van der Waals surface area contributed by atoms with E-state index in [2.05, 4.69) is 20.6 Å². The molecule has 0 unspecified atom stereocenters. The van der Waals surface area contributed by atoms with Gasteiger partial charge in [-0.2, -0.15) is 0 Å². The van der Waals surface area contributed by atoms with Crippen molar-refractivity contribution in [3.8, 4) is 0 Å². The second-order valence-corrected chi connectivity index (χ2v) is 5.33. The van der Waals surface area contributed by atoms with E-state index in [1.54, 1.807) is 11.3 Å². The Labute approximate surface area is 136 Å². The van der Waals surface area contributed by atoms with E-state index in [-0.39, 0.29) is 30.7 Å². The van der Waals surface area contributed by atoms with Crippen molar-refractivity contribution in [1.82, 2.24) is 15.2 Å². The van der Waals surface area contributed by atoms with Crippen LogP contribution >= 0.6 is 36.2 Å². The number of halogens is 2. The molecule has 1 aliphatic rings. The zero-order chi connectivity index (χ0) is 13.0. The Bertz CT molecular complexity index is 408. The van der Waals surface area contributed by atoms with Gasteiger partial charge in [0.2, 0.25) is 5.91 Å². The van der Waals surface area contributed by atoms with Gasteiger partial charge >= 0.3 is 0 Å². The number of rotatable bonds is 4. The number of carbonyl (C=O) groups is 1. The summed E-state index contributed by atoms with van der Waals surface area (Å²) < 4.78 is 0. The fourth-order valence-corrected chi connectivity index (χ4v) is 2.88. The van der Waals surface area contributed by atoms with Crippen LogP contribution in [0.3, 0.4) is 0 Å². The van der Waals surface area contributed by atoms with Crippen LogP contribution in [0.15, 0.2) is 5.38 Å². The molecule has 1 aliphatic heterocycles. The van der Waals surface area contributed by atoms with Crippen molar-refractivity contribution in [3.05, 3.63) is 11.1 Å². The van der Waals surface area contributed by atoms with Crippen molar-refractivity contribution in [2.45, 2.75) is 13.3 Å². The maximum Gasteiger partial charge on any atom is 0.223 e. The molecule has 2 heterocycles. The molecule has 0 saturated carbocycles. The first kappa shape index (κ1) is 19.4. The van der Waals surface area contributed by atoms with Crippen LogP contribution in [0.2, 0.25) is 0 Å². The molecule has 20 heavy (non-hydrogen) atoms. The third-order valence-corrected chi connectivity index (χ3v) is 4.12. The molecule has 1 aromatic heterocycles. The zero-order valence-electron chi connectivity index (χ0n) is 11.8. The molecule has 0 aliphatic carbocycles. The number of anilines is 1. The molecule has 0 radical (unpaired) electrons. The Hall–Kier alpha value is -0.560. The van der Waals surface area contributed by atoms with Gasteiger partial charge in [0, 0.05) is 44.5 Å². The van der Waals surface area contributed by atoms with Gasteiger partial charge in [-0.25, -0.2) is 4.98 Å². The van der Waals surface area contributed by atoms with Crippen molar-refractivity contribution in [2.75, 3.05) is 44.7 Å². The molecule has 116 valence electrons. The average Bonchev–Trinajstić information content (AvgIpc) is 2.83. The first-order chi connectivity index (χ1) is 8.70. The van der Waals surface area contributed by atoms with E-state index in [4.69, 9.17) is 0 Å². The normalized spacial score (nSPS) is 14.5. The van der Waals surface area contributed by atoms with Crippen LogP contribution in [0.4, 0.5) is 5.13 Å². The number of aryl methyl sites for hydroxylation is 1. The van der Waals surface area contributed by atoms with E-state index < -0.39 is 0 Å². The van der Waals surface area contributed by atoms with E-state index in [0.29, 0.717) is 6.42 Å². The van der Waals surface area contributed by atoms with Gasteiger partial charge in [0.25, 0.3) is 0 Å². The van der Waals surface area contributed by atoms with Gasteiger partial charge in [0.05, 0.1) is 5.69 Å². The average molecular weight is 341 g/mol. The van der Waals surface area contributed by atoms with E-state index in [1.165, 1.54) is 0 Å². The maximum absolute atomic E-state index is 11.9. The van der Waals surface area contributed by atoms with Crippen LogP contribution < -0.4 is 10.2 Å². The summed E-state index contributed by atoms with van der Waals surface area (Å²) in [6, 6.07) is 0. The number of hydrogen-bond acceptors (Lipinski definition) is 5. The largest absolute Gasteiger partial charge is 0.345 e. The molecule has 0 bridgehead atoms. The summed E-state index contributed by atoms with van der Waals surface area (Å²) in [6.45, 7) is 6.15. The fourth-order valence-electron chi connectivity index (χ4n) is 2.02. The van der Waals surface area contributed by atoms with Crippen LogP contribution in [0.25, 0.3) is 0 Å². The number of amides is 1. The number of thiazole rings is 1. The summed E-state index contributed by atoms with van der Waals surface area (Å²) in [7, 11) is 1.87. The molecule has 1 N–H and O–H groups in total. The van der Waals surface area contributed by atoms with Gasteiger partial charge in [-0.1, -0.05) is 0 Å². The first-order valence-corrected chi connectivity index (χ1v) is 7.18. The standard InChI is InChI=1S/C12H20N4OS.2ClH/c1-10-9-18-12(14-10)16-7-5-15(6-8-16)11(17)3-4-13-2;;/h9,13H,3-8H2,1-2H3;2*1H. The van der Waals surface area contributed by atoms with Gasteiger partial charge in [-0.15, -0.1) is 36.2 Å². The maximum atomic E-state index is 11.9. The monoisotopic (exact) mass is 340 g/mol. The van der Waals surface area contributed by atoms with Crippen molar-refractivity contribution < 1.29 is 4.79 Å². The summed E-state index contributed by atoms with van der Waals surface area (Å²) in [5.41, 5.74) is 1.07. The lowest BCUT2D eigenvalue weighted by Gasteiger charge is -2.34. The molecule has 1 aromatic rings. The minimum Gasteiger partial charge on any atom is -0.345 e. The Kier molecular flexibility index (Phi) is 9.13. The molecule has 1 amide bonds. The molecule has 1 saturated heterocycles. The summed E-state index contributed by atoms with van der Waals surface area (Å²) in [4.78, 5) is 20.6. The summed E-state index contributed by atoms with van der Waals surface area (Å²) in [5, 5.41) is 6.16. The minimum atomic E-state index is 0. The van der Waals surface area contributed by atoms with E-state index in [1.807, 2.05) is 18.9 Å². The van der Waals surface area contributed by atoms with Crippen LogP contribution in [-0.2, 0) is 4.79 Å². The van der Waals surface area contributed by atoms with Crippen LogP contribution in [-0.4, -0.2) is 55.6 Å². The predicted octanol–water partition coefficient (Wildman–Crippen LogP) is 1.55. The molecular weight excluding hydrogens is 319 g/mol. The molecule has 0 spiro atoms. The number of hydrogen-bond donors (Lipinski definition) is 1. The van der Waals surface area contributed by atoms with E-state index >= 15 is 0 Å².